The first-order valence-electron chi connectivity index (χ1n) is 5.56. The minimum absolute atomic E-state index is 0.980. The van der Waals surface area contributed by atoms with Gasteiger partial charge in [0.1, 0.15) is 0 Å². The minimum Gasteiger partial charge on any atom is -0.384 e. The van der Waals surface area contributed by atoms with Gasteiger partial charge >= 0.3 is 0 Å². The lowest BCUT2D eigenvalue weighted by Gasteiger charge is -2.10. The van der Waals surface area contributed by atoms with Gasteiger partial charge in [0.05, 0.1) is 15.6 Å². The van der Waals surface area contributed by atoms with Gasteiger partial charge in [0.25, 0.3) is 0 Å². The number of thiazole rings is 1. The van der Waals surface area contributed by atoms with Crippen molar-refractivity contribution >= 4 is 17.0 Å². The number of aromatic nitrogens is 1. The first-order valence-corrected chi connectivity index (χ1v) is 6.37. The lowest BCUT2D eigenvalue weighted by atomic mass is 10.1. The van der Waals surface area contributed by atoms with Crippen molar-refractivity contribution in [2.24, 2.45) is 0 Å². The smallest absolute Gasteiger partial charge is 0.0903 e. The van der Waals surface area contributed by atoms with Gasteiger partial charge in [-0.15, -0.1) is 11.3 Å². The van der Waals surface area contributed by atoms with E-state index < -0.39 is 0 Å². The van der Waals surface area contributed by atoms with Crippen molar-refractivity contribution in [1.82, 2.24) is 4.98 Å². The first kappa shape index (κ1) is 9.85. The molecule has 16 heavy (non-hydrogen) atoms. The molecule has 82 valence electrons. The van der Waals surface area contributed by atoms with Crippen LogP contribution in [0.15, 0.2) is 18.2 Å². The highest BCUT2D eigenvalue weighted by Crippen LogP contribution is 2.38. The summed E-state index contributed by atoms with van der Waals surface area (Å²) in [7, 11) is 0. The summed E-state index contributed by atoms with van der Waals surface area (Å²) in [6.07, 6.45) is 1.02. The Morgan fingerprint density at radius 1 is 1.31 bits per heavy atom. The van der Waals surface area contributed by atoms with E-state index in [2.05, 4.69) is 42.3 Å². The summed E-state index contributed by atoms with van der Waals surface area (Å²) < 4.78 is 0. The molecule has 1 aromatic heterocycles. The average Bonchev–Trinajstić information content (AvgIpc) is 2.53. The van der Waals surface area contributed by atoms with E-state index in [9.17, 15) is 0 Å². The van der Waals surface area contributed by atoms with Crippen LogP contribution < -0.4 is 5.32 Å². The number of para-hydroxylation sites is 1. The van der Waals surface area contributed by atoms with Crippen molar-refractivity contribution in [1.29, 1.82) is 0 Å². The fourth-order valence-electron chi connectivity index (χ4n) is 2.25. The number of aryl methyl sites for hydroxylation is 2. The van der Waals surface area contributed by atoms with Gasteiger partial charge in [0.2, 0.25) is 0 Å². The predicted molar refractivity (Wildman–Crippen MR) is 69.2 cm³/mol. The monoisotopic (exact) mass is 230 g/mol. The zero-order chi connectivity index (χ0) is 11.1. The molecule has 0 aliphatic carbocycles. The third kappa shape index (κ3) is 1.43. The topological polar surface area (TPSA) is 24.9 Å². The fraction of sp³-hybridized carbons (Fsp3) is 0.308. The standard InChI is InChI=1S/C13H14N2S/c1-8-4-3-5-10-12(8)14-7-6-11-13(10)16-9(2)15-11/h3-5,14H,6-7H2,1-2H3. The van der Waals surface area contributed by atoms with E-state index in [-0.39, 0.29) is 0 Å². The Kier molecular flexibility index (Phi) is 2.21. The van der Waals surface area contributed by atoms with Gasteiger partial charge in [-0.05, 0) is 19.4 Å². The SMILES string of the molecule is Cc1nc2c(s1)-c1cccc(C)c1NCC2. The summed E-state index contributed by atoms with van der Waals surface area (Å²) in [5, 5.41) is 4.68. The molecule has 0 unspecified atom stereocenters. The molecule has 0 saturated carbocycles. The van der Waals surface area contributed by atoms with Crippen LogP contribution in [0, 0.1) is 13.8 Å². The highest BCUT2D eigenvalue weighted by molar-refractivity contribution is 7.15. The number of benzene rings is 1. The maximum absolute atomic E-state index is 4.62. The van der Waals surface area contributed by atoms with Gasteiger partial charge in [-0.3, -0.25) is 0 Å². The fourth-order valence-corrected chi connectivity index (χ4v) is 3.24. The first-order chi connectivity index (χ1) is 7.75. The van der Waals surface area contributed by atoms with E-state index in [4.69, 9.17) is 0 Å². The molecule has 0 radical (unpaired) electrons. The third-order valence-electron chi connectivity index (χ3n) is 2.99. The maximum Gasteiger partial charge on any atom is 0.0903 e. The van der Waals surface area contributed by atoms with Crippen LogP contribution in [0.5, 0.6) is 0 Å². The molecule has 2 nitrogen and oxygen atoms in total. The van der Waals surface area contributed by atoms with Crippen molar-refractivity contribution < 1.29 is 0 Å². The van der Waals surface area contributed by atoms with Gasteiger partial charge in [0.15, 0.2) is 0 Å². The molecule has 2 aromatic rings. The second-order valence-corrected chi connectivity index (χ2v) is 5.39. The highest BCUT2D eigenvalue weighted by Gasteiger charge is 2.18. The highest BCUT2D eigenvalue weighted by atomic mass is 32.1. The molecular weight excluding hydrogens is 216 g/mol. The number of nitrogens with one attached hydrogen (secondary N) is 1. The molecule has 1 N–H and O–H groups in total. The normalized spacial score (nSPS) is 13.6. The van der Waals surface area contributed by atoms with Gasteiger partial charge in [-0.2, -0.15) is 0 Å². The van der Waals surface area contributed by atoms with Crippen LogP contribution >= 0.6 is 11.3 Å². The second-order valence-electron chi connectivity index (χ2n) is 4.18. The minimum atomic E-state index is 0.980. The molecule has 2 heterocycles. The molecule has 1 aromatic carbocycles. The number of hydrogen-bond donors (Lipinski definition) is 1. The van der Waals surface area contributed by atoms with Crippen molar-refractivity contribution in [3.05, 3.63) is 34.5 Å². The summed E-state index contributed by atoms with van der Waals surface area (Å²) in [4.78, 5) is 5.97. The Hall–Kier alpha value is -1.35. The Balaban J connectivity index is 2.29. The number of hydrogen-bond acceptors (Lipinski definition) is 3. The Morgan fingerprint density at radius 3 is 3.06 bits per heavy atom. The number of rotatable bonds is 0. The van der Waals surface area contributed by atoms with Gasteiger partial charge in [-0.25, -0.2) is 4.98 Å². The largest absolute Gasteiger partial charge is 0.384 e. The Labute approximate surface area is 99.4 Å². The molecule has 0 atom stereocenters. The lowest BCUT2D eigenvalue weighted by Crippen LogP contribution is -2.04. The summed E-state index contributed by atoms with van der Waals surface area (Å²) >= 11 is 1.80. The van der Waals surface area contributed by atoms with Crippen LogP contribution in [0.2, 0.25) is 0 Å². The predicted octanol–water partition coefficient (Wildman–Crippen LogP) is 3.39. The zero-order valence-corrected chi connectivity index (χ0v) is 10.3. The molecule has 1 aliphatic heterocycles. The van der Waals surface area contributed by atoms with Crippen molar-refractivity contribution in [3.8, 4) is 10.4 Å². The van der Waals surface area contributed by atoms with Crippen LogP contribution in [-0.4, -0.2) is 11.5 Å². The van der Waals surface area contributed by atoms with Crippen LogP contribution in [0.25, 0.3) is 10.4 Å². The molecule has 3 heteroatoms. The molecule has 3 rings (SSSR count). The van der Waals surface area contributed by atoms with Gasteiger partial charge in [0, 0.05) is 24.2 Å². The summed E-state index contributed by atoms with van der Waals surface area (Å²) in [5.74, 6) is 0. The lowest BCUT2D eigenvalue weighted by molar-refractivity contribution is 0.979. The maximum atomic E-state index is 4.62. The molecule has 0 saturated heterocycles. The number of fused-ring (bicyclic) bond motifs is 3. The van der Waals surface area contributed by atoms with E-state index in [1.54, 1.807) is 11.3 Å². The second kappa shape index (κ2) is 3.59. The van der Waals surface area contributed by atoms with Crippen LogP contribution in [0.1, 0.15) is 16.3 Å². The Bertz CT molecular complexity index is 543. The molecule has 0 fully saturated rings. The van der Waals surface area contributed by atoms with E-state index in [1.807, 2.05) is 0 Å². The van der Waals surface area contributed by atoms with Gasteiger partial charge < -0.3 is 5.32 Å². The van der Waals surface area contributed by atoms with Crippen molar-refractivity contribution in [2.45, 2.75) is 20.3 Å². The Morgan fingerprint density at radius 2 is 2.19 bits per heavy atom. The summed E-state index contributed by atoms with van der Waals surface area (Å²) in [6.45, 7) is 5.22. The van der Waals surface area contributed by atoms with E-state index >= 15 is 0 Å². The molecule has 1 aliphatic rings. The van der Waals surface area contributed by atoms with Crippen LogP contribution in [-0.2, 0) is 6.42 Å². The van der Waals surface area contributed by atoms with Crippen molar-refractivity contribution in [2.75, 3.05) is 11.9 Å². The summed E-state index contributed by atoms with van der Waals surface area (Å²) in [5.41, 5.74) is 5.17. The number of anilines is 1. The van der Waals surface area contributed by atoms with Crippen LogP contribution in [0.4, 0.5) is 5.69 Å². The summed E-state index contributed by atoms with van der Waals surface area (Å²) in [6, 6.07) is 6.47. The average molecular weight is 230 g/mol. The quantitative estimate of drug-likeness (QED) is 0.750. The van der Waals surface area contributed by atoms with Gasteiger partial charge in [-0.1, -0.05) is 18.2 Å². The van der Waals surface area contributed by atoms with E-state index in [1.165, 1.54) is 32.4 Å². The number of nitrogens with zero attached hydrogens (tertiary/aromatic N) is 1. The molecule has 0 spiro atoms. The third-order valence-corrected chi connectivity index (χ3v) is 4.03. The molecule has 0 amide bonds. The zero-order valence-electron chi connectivity index (χ0n) is 9.50. The van der Waals surface area contributed by atoms with E-state index in [0.29, 0.717) is 0 Å². The van der Waals surface area contributed by atoms with Crippen LogP contribution in [0.3, 0.4) is 0 Å². The van der Waals surface area contributed by atoms with E-state index in [0.717, 1.165) is 13.0 Å². The molecule has 0 bridgehead atoms. The van der Waals surface area contributed by atoms with Crippen molar-refractivity contribution in [3.63, 3.8) is 0 Å². The molecular formula is C13H14N2S.